The zero-order valence-electron chi connectivity index (χ0n) is 14.7. The number of para-hydroxylation sites is 1. The Bertz CT molecular complexity index is 918. The first-order valence-corrected chi connectivity index (χ1v) is 8.30. The van der Waals surface area contributed by atoms with Crippen LogP contribution in [-0.2, 0) is 0 Å². The summed E-state index contributed by atoms with van der Waals surface area (Å²) in [6.45, 7) is 0.0905. The SMILES string of the molecule is COc1cccc(C(=O)NCC(O)c2cccc3ccccc23)c1OC. The van der Waals surface area contributed by atoms with Crippen LogP contribution in [0.2, 0.25) is 0 Å². The molecule has 1 amide bonds. The molecular formula is C21H21NO4. The molecule has 1 atom stereocenters. The first-order valence-electron chi connectivity index (χ1n) is 8.30. The van der Waals surface area contributed by atoms with Gasteiger partial charge in [0.25, 0.3) is 5.91 Å². The summed E-state index contributed by atoms with van der Waals surface area (Å²) >= 11 is 0. The van der Waals surface area contributed by atoms with Crippen molar-refractivity contribution in [3.8, 4) is 11.5 Å². The molecule has 0 saturated carbocycles. The molecule has 0 saturated heterocycles. The van der Waals surface area contributed by atoms with Crippen molar-refractivity contribution >= 4 is 16.7 Å². The van der Waals surface area contributed by atoms with E-state index < -0.39 is 6.10 Å². The summed E-state index contributed by atoms with van der Waals surface area (Å²) in [4.78, 5) is 12.5. The highest BCUT2D eigenvalue weighted by molar-refractivity contribution is 5.97. The van der Waals surface area contributed by atoms with Crippen molar-refractivity contribution < 1.29 is 19.4 Å². The summed E-state index contributed by atoms with van der Waals surface area (Å²) in [5.74, 6) is 0.516. The minimum Gasteiger partial charge on any atom is -0.493 e. The third-order valence-corrected chi connectivity index (χ3v) is 4.29. The summed E-state index contributed by atoms with van der Waals surface area (Å²) in [6.07, 6.45) is -0.818. The summed E-state index contributed by atoms with van der Waals surface area (Å²) in [6, 6.07) is 18.7. The van der Waals surface area contributed by atoms with Crippen LogP contribution in [0.5, 0.6) is 11.5 Å². The smallest absolute Gasteiger partial charge is 0.255 e. The number of aliphatic hydroxyl groups excluding tert-OH is 1. The molecule has 0 aliphatic carbocycles. The normalized spacial score (nSPS) is 11.8. The second-order valence-electron chi connectivity index (χ2n) is 5.84. The minimum absolute atomic E-state index is 0.0905. The third kappa shape index (κ3) is 3.48. The standard InChI is InChI=1S/C21H21NO4/c1-25-19-12-6-11-17(20(19)26-2)21(24)22-13-18(23)16-10-5-8-14-7-3-4-9-15(14)16/h3-12,18,23H,13H2,1-2H3,(H,22,24). The molecule has 1 unspecified atom stereocenters. The number of carbonyl (C=O) groups is 1. The molecule has 3 aromatic rings. The molecule has 0 aliphatic heterocycles. The molecule has 2 N–H and O–H groups in total. The molecule has 3 rings (SSSR count). The van der Waals surface area contributed by atoms with E-state index in [9.17, 15) is 9.90 Å². The van der Waals surface area contributed by atoms with Crippen molar-refractivity contribution in [2.45, 2.75) is 6.10 Å². The Morgan fingerprint density at radius 1 is 1.00 bits per heavy atom. The van der Waals surface area contributed by atoms with Crippen molar-refractivity contribution in [2.75, 3.05) is 20.8 Å². The number of benzene rings is 3. The van der Waals surface area contributed by atoms with Crippen LogP contribution >= 0.6 is 0 Å². The molecule has 0 bridgehead atoms. The predicted molar refractivity (Wildman–Crippen MR) is 101 cm³/mol. The van der Waals surface area contributed by atoms with E-state index in [4.69, 9.17) is 9.47 Å². The fourth-order valence-electron chi connectivity index (χ4n) is 3.00. The minimum atomic E-state index is -0.818. The van der Waals surface area contributed by atoms with Crippen LogP contribution in [0.15, 0.2) is 60.7 Å². The summed E-state index contributed by atoms with van der Waals surface area (Å²) in [7, 11) is 3.00. The number of fused-ring (bicyclic) bond motifs is 1. The number of hydrogen-bond acceptors (Lipinski definition) is 4. The Balaban J connectivity index is 1.77. The lowest BCUT2D eigenvalue weighted by Crippen LogP contribution is -2.28. The molecule has 3 aromatic carbocycles. The average molecular weight is 351 g/mol. The van der Waals surface area contributed by atoms with E-state index >= 15 is 0 Å². The van der Waals surface area contributed by atoms with Crippen LogP contribution in [0.1, 0.15) is 22.0 Å². The van der Waals surface area contributed by atoms with E-state index in [0.717, 1.165) is 16.3 Å². The Labute approximate surface area is 152 Å². The van der Waals surface area contributed by atoms with Gasteiger partial charge in [0.05, 0.1) is 25.9 Å². The number of rotatable bonds is 6. The Hall–Kier alpha value is -3.05. The summed E-state index contributed by atoms with van der Waals surface area (Å²) in [5.41, 5.74) is 1.14. The molecule has 0 spiro atoms. The first-order chi connectivity index (χ1) is 12.7. The van der Waals surface area contributed by atoms with Gasteiger partial charge >= 0.3 is 0 Å². The molecule has 0 radical (unpaired) electrons. The van der Waals surface area contributed by atoms with E-state index in [1.54, 1.807) is 18.2 Å². The highest BCUT2D eigenvalue weighted by Crippen LogP contribution is 2.30. The van der Waals surface area contributed by atoms with Crippen molar-refractivity contribution in [1.82, 2.24) is 5.32 Å². The topological polar surface area (TPSA) is 67.8 Å². The van der Waals surface area contributed by atoms with Gasteiger partial charge in [0.2, 0.25) is 0 Å². The highest BCUT2D eigenvalue weighted by Gasteiger charge is 2.18. The molecule has 134 valence electrons. The van der Waals surface area contributed by atoms with Crippen LogP contribution in [0, 0.1) is 0 Å². The van der Waals surface area contributed by atoms with Crippen LogP contribution in [0.4, 0.5) is 0 Å². The molecule has 5 heteroatoms. The zero-order valence-corrected chi connectivity index (χ0v) is 14.7. The lowest BCUT2D eigenvalue weighted by Gasteiger charge is -2.16. The van der Waals surface area contributed by atoms with Gasteiger partial charge in [0.15, 0.2) is 11.5 Å². The molecule has 0 heterocycles. The van der Waals surface area contributed by atoms with Crippen LogP contribution in [-0.4, -0.2) is 31.8 Å². The Morgan fingerprint density at radius 3 is 2.50 bits per heavy atom. The van der Waals surface area contributed by atoms with Gasteiger partial charge in [0, 0.05) is 6.54 Å². The molecule has 26 heavy (non-hydrogen) atoms. The Morgan fingerprint density at radius 2 is 1.73 bits per heavy atom. The maximum atomic E-state index is 12.5. The number of ether oxygens (including phenoxy) is 2. The summed E-state index contributed by atoms with van der Waals surface area (Å²) < 4.78 is 10.5. The van der Waals surface area contributed by atoms with E-state index in [2.05, 4.69) is 5.32 Å². The van der Waals surface area contributed by atoms with Crippen LogP contribution in [0.25, 0.3) is 10.8 Å². The third-order valence-electron chi connectivity index (χ3n) is 4.29. The number of carbonyl (C=O) groups excluding carboxylic acids is 1. The van der Waals surface area contributed by atoms with Gasteiger partial charge < -0.3 is 19.9 Å². The van der Waals surface area contributed by atoms with Crippen LogP contribution < -0.4 is 14.8 Å². The summed E-state index contributed by atoms with van der Waals surface area (Å²) in [5, 5.41) is 15.3. The Kier molecular flexibility index (Phi) is 5.39. The molecule has 0 fully saturated rings. The fraction of sp³-hybridized carbons (Fsp3) is 0.190. The van der Waals surface area contributed by atoms with Gasteiger partial charge in [-0.25, -0.2) is 0 Å². The van der Waals surface area contributed by atoms with Gasteiger partial charge in [-0.15, -0.1) is 0 Å². The van der Waals surface area contributed by atoms with Gasteiger partial charge in [-0.1, -0.05) is 48.5 Å². The highest BCUT2D eigenvalue weighted by atomic mass is 16.5. The zero-order chi connectivity index (χ0) is 18.5. The van der Waals surface area contributed by atoms with E-state index in [1.807, 2.05) is 42.5 Å². The number of hydrogen-bond donors (Lipinski definition) is 2. The molecule has 0 aromatic heterocycles. The number of amides is 1. The van der Waals surface area contributed by atoms with Crippen molar-refractivity contribution in [3.05, 3.63) is 71.8 Å². The molecule has 5 nitrogen and oxygen atoms in total. The second kappa shape index (κ2) is 7.89. The number of nitrogens with one attached hydrogen (secondary N) is 1. The van der Waals surface area contributed by atoms with Gasteiger partial charge in [0.1, 0.15) is 0 Å². The predicted octanol–water partition coefficient (Wildman–Crippen LogP) is 3.32. The van der Waals surface area contributed by atoms with Crippen LogP contribution in [0.3, 0.4) is 0 Å². The molecule has 0 aliphatic rings. The fourth-order valence-corrected chi connectivity index (χ4v) is 3.00. The van der Waals surface area contributed by atoms with Gasteiger partial charge in [-0.2, -0.15) is 0 Å². The average Bonchev–Trinajstić information content (AvgIpc) is 2.70. The first kappa shape index (κ1) is 17.8. The van der Waals surface area contributed by atoms with E-state index in [-0.39, 0.29) is 12.5 Å². The van der Waals surface area contributed by atoms with Crippen molar-refractivity contribution in [3.63, 3.8) is 0 Å². The number of aliphatic hydroxyl groups is 1. The lowest BCUT2D eigenvalue weighted by molar-refractivity contribution is 0.0913. The second-order valence-corrected chi connectivity index (χ2v) is 5.84. The quantitative estimate of drug-likeness (QED) is 0.715. The maximum absolute atomic E-state index is 12.5. The lowest BCUT2D eigenvalue weighted by atomic mass is 10.0. The van der Waals surface area contributed by atoms with Gasteiger partial charge in [-0.3, -0.25) is 4.79 Å². The van der Waals surface area contributed by atoms with E-state index in [1.165, 1.54) is 14.2 Å². The number of methoxy groups -OCH3 is 2. The van der Waals surface area contributed by atoms with E-state index in [0.29, 0.717) is 17.1 Å². The monoisotopic (exact) mass is 351 g/mol. The largest absolute Gasteiger partial charge is 0.493 e. The maximum Gasteiger partial charge on any atom is 0.255 e. The van der Waals surface area contributed by atoms with Crippen molar-refractivity contribution in [2.24, 2.45) is 0 Å². The van der Waals surface area contributed by atoms with Gasteiger partial charge in [-0.05, 0) is 28.5 Å². The van der Waals surface area contributed by atoms with Crippen molar-refractivity contribution in [1.29, 1.82) is 0 Å². The molecular weight excluding hydrogens is 330 g/mol.